The van der Waals surface area contributed by atoms with Crippen molar-refractivity contribution in [3.05, 3.63) is 81.5 Å². The molecule has 2 aromatic carbocycles. The van der Waals surface area contributed by atoms with Gasteiger partial charge in [-0.3, -0.25) is 0 Å². The second-order valence-electron chi connectivity index (χ2n) is 6.88. The first-order chi connectivity index (χ1) is 13.2. The van der Waals surface area contributed by atoms with E-state index in [9.17, 15) is 4.79 Å². The Kier molecular flexibility index (Phi) is 5.12. The molecule has 1 aromatic heterocycles. The van der Waals surface area contributed by atoms with E-state index in [2.05, 4.69) is 45.2 Å². The smallest absolute Gasteiger partial charge is 0.319 e. The molecule has 2 N–H and O–H groups in total. The van der Waals surface area contributed by atoms with Gasteiger partial charge in [0.05, 0.1) is 0 Å². The average Bonchev–Trinajstić information content (AvgIpc) is 3.15. The summed E-state index contributed by atoms with van der Waals surface area (Å²) in [6, 6.07) is 18.3. The third kappa shape index (κ3) is 4.31. The van der Waals surface area contributed by atoms with Crippen molar-refractivity contribution < 1.29 is 4.79 Å². The molecule has 2 heterocycles. The second kappa shape index (κ2) is 7.84. The van der Waals surface area contributed by atoms with Crippen molar-refractivity contribution in [2.45, 2.75) is 26.4 Å². The number of aryl methyl sites for hydroxylation is 1. The lowest BCUT2D eigenvalue weighted by molar-refractivity contribution is 0.251. The minimum absolute atomic E-state index is 0.190. The van der Waals surface area contributed by atoms with Gasteiger partial charge in [0.15, 0.2) is 0 Å². The number of nitrogens with zero attached hydrogens (tertiary/aromatic N) is 1. The van der Waals surface area contributed by atoms with E-state index in [0.717, 1.165) is 30.8 Å². The van der Waals surface area contributed by atoms with Crippen molar-refractivity contribution >= 4 is 28.7 Å². The summed E-state index contributed by atoms with van der Waals surface area (Å²) >= 11 is 1.85. The van der Waals surface area contributed by atoms with E-state index < -0.39 is 0 Å². The van der Waals surface area contributed by atoms with Gasteiger partial charge in [-0.25, -0.2) is 4.79 Å². The summed E-state index contributed by atoms with van der Waals surface area (Å²) in [4.78, 5) is 16.0. The molecule has 0 atom stereocenters. The van der Waals surface area contributed by atoms with E-state index in [-0.39, 0.29) is 6.03 Å². The Labute approximate surface area is 163 Å². The third-order valence-electron chi connectivity index (χ3n) is 4.83. The fourth-order valence-corrected chi connectivity index (χ4v) is 4.29. The van der Waals surface area contributed by atoms with Crippen LogP contribution in [0.2, 0.25) is 0 Å². The van der Waals surface area contributed by atoms with Crippen molar-refractivity contribution in [3.8, 4) is 0 Å². The lowest BCUT2D eigenvalue weighted by atomic mass is 10.1. The molecule has 0 saturated carbocycles. The topological polar surface area (TPSA) is 44.4 Å². The van der Waals surface area contributed by atoms with Crippen LogP contribution in [-0.4, -0.2) is 12.6 Å². The monoisotopic (exact) mass is 377 g/mol. The SMILES string of the molecule is Cc1cccc(CNC(=O)Nc2ccc(N3CCc4sccc4C3)cc2)c1. The van der Waals surface area contributed by atoms with Crippen LogP contribution in [0.4, 0.5) is 16.2 Å². The fraction of sp³-hybridized carbons (Fsp3) is 0.227. The predicted molar refractivity (Wildman–Crippen MR) is 113 cm³/mol. The van der Waals surface area contributed by atoms with Crippen molar-refractivity contribution in [3.63, 3.8) is 0 Å². The average molecular weight is 378 g/mol. The number of hydrogen-bond acceptors (Lipinski definition) is 3. The quantitative estimate of drug-likeness (QED) is 0.676. The number of rotatable bonds is 4. The molecular formula is C22H23N3OS. The standard InChI is InChI=1S/C22H23N3OS/c1-16-3-2-4-17(13-16)14-23-22(26)24-19-5-7-20(8-6-19)25-11-9-21-18(15-25)10-12-27-21/h2-8,10,12-13H,9,11,14-15H2,1H3,(H2,23,24,26). The molecule has 0 bridgehead atoms. The number of urea groups is 1. The van der Waals surface area contributed by atoms with Crippen LogP contribution < -0.4 is 15.5 Å². The first-order valence-electron chi connectivity index (χ1n) is 9.18. The zero-order valence-electron chi connectivity index (χ0n) is 15.4. The summed E-state index contributed by atoms with van der Waals surface area (Å²) in [5, 5.41) is 7.98. The van der Waals surface area contributed by atoms with E-state index in [1.54, 1.807) is 0 Å². The number of hydrogen-bond donors (Lipinski definition) is 2. The maximum absolute atomic E-state index is 12.1. The largest absolute Gasteiger partial charge is 0.367 e. The highest BCUT2D eigenvalue weighted by Gasteiger charge is 2.17. The van der Waals surface area contributed by atoms with E-state index in [4.69, 9.17) is 0 Å². The van der Waals surface area contributed by atoms with E-state index in [0.29, 0.717) is 6.54 Å². The van der Waals surface area contributed by atoms with Crippen molar-refractivity contribution in [2.75, 3.05) is 16.8 Å². The minimum Gasteiger partial charge on any atom is -0.367 e. The molecule has 0 spiro atoms. The van der Waals surface area contributed by atoms with Gasteiger partial charge in [-0.05, 0) is 60.2 Å². The maximum atomic E-state index is 12.1. The van der Waals surface area contributed by atoms with Crippen molar-refractivity contribution in [2.24, 2.45) is 0 Å². The normalized spacial score (nSPS) is 13.1. The maximum Gasteiger partial charge on any atom is 0.319 e. The van der Waals surface area contributed by atoms with Crippen LogP contribution >= 0.6 is 11.3 Å². The number of carbonyl (C=O) groups excluding carboxylic acids is 1. The molecule has 3 aromatic rings. The molecule has 138 valence electrons. The van der Waals surface area contributed by atoms with Gasteiger partial charge in [-0.2, -0.15) is 0 Å². The molecule has 0 radical (unpaired) electrons. The van der Waals surface area contributed by atoms with Gasteiger partial charge in [-0.15, -0.1) is 11.3 Å². The highest BCUT2D eigenvalue weighted by molar-refractivity contribution is 7.10. The summed E-state index contributed by atoms with van der Waals surface area (Å²) in [5.41, 5.74) is 5.71. The Hall–Kier alpha value is -2.79. The first-order valence-corrected chi connectivity index (χ1v) is 10.1. The highest BCUT2D eigenvalue weighted by atomic mass is 32.1. The summed E-state index contributed by atoms with van der Waals surface area (Å²) in [6.07, 6.45) is 1.11. The lowest BCUT2D eigenvalue weighted by Gasteiger charge is -2.29. The lowest BCUT2D eigenvalue weighted by Crippen LogP contribution is -2.29. The van der Waals surface area contributed by atoms with Crippen molar-refractivity contribution in [1.29, 1.82) is 0 Å². The van der Waals surface area contributed by atoms with Gasteiger partial charge in [0.2, 0.25) is 0 Å². The molecular weight excluding hydrogens is 354 g/mol. The van der Waals surface area contributed by atoms with Crippen LogP contribution in [0.15, 0.2) is 60.0 Å². The Morgan fingerprint density at radius 3 is 2.81 bits per heavy atom. The van der Waals surface area contributed by atoms with Gasteiger partial charge >= 0.3 is 6.03 Å². The molecule has 5 heteroatoms. The first kappa shape index (κ1) is 17.6. The number of amides is 2. The van der Waals surface area contributed by atoms with Crippen LogP contribution in [0.1, 0.15) is 21.6 Å². The molecule has 2 amide bonds. The third-order valence-corrected chi connectivity index (χ3v) is 5.86. The Balaban J connectivity index is 1.32. The Bertz CT molecular complexity index is 933. The highest BCUT2D eigenvalue weighted by Crippen LogP contribution is 2.28. The predicted octanol–water partition coefficient (Wildman–Crippen LogP) is 4.94. The molecule has 4 rings (SSSR count). The number of thiophene rings is 1. The zero-order valence-corrected chi connectivity index (χ0v) is 16.2. The molecule has 0 unspecified atom stereocenters. The van der Waals surface area contributed by atoms with Crippen LogP contribution in [0.25, 0.3) is 0 Å². The van der Waals surface area contributed by atoms with Crippen LogP contribution in [-0.2, 0) is 19.5 Å². The number of carbonyl (C=O) groups is 1. The van der Waals surface area contributed by atoms with Gasteiger partial charge < -0.3 is 15.5 Å². The van der Waals surface area contributed by atoms with Gasteiger partial charge in [0, 0.05) is 35.9 Å². The van der Waals surface area contributed by atoms with Crippen LogP contribution in [0.3, 0.4) is 0 Å². The van der Waals surface area contributed by atoms with Gasteiger partial charge in [0.1, 0.15) is 0 Å². The number of benzene rings is 2. The van der Waals surface area contributed by atoms with E-state index in [1.807, 2.05) is 48.6 Å². The Morgan fingerprint density at radius 2 is 2.00 bits per heavy atom. The van der Waals surface area contributed by atoms with Gasteiger partial charge in [-0.1, -0.05) is 29.8 Å². The van der Waals surface area contributed by atoms with Crippen LogP contribution in [0.5, 0.6) is 0 Å². The summed E-state index contributed by atoms with van der Waals surface area (Å²) < 4.78 is 0. The fourth-order valence-electron chi connectivity index (χ4n) is 3.40. The van der Waals surface area contributed by atoms with Crippen LogP contribution in [0, 0.1) is 6.92 Å². The molecule has 0 aliphatic carbocycles. The molecule has 1 aliphatic rings. The summed E-state index contributed by atoms with van der Waals surface area (Å²) in [6.45, 7) is 4.56. The molecule has 0 saturated heterocycles. The number of anilines is 2. The molecule has 27 heavy (non-hydrogen) atoms. The number of nitrogens with one attached hydrogen (secondary N) is 2. The second-order valence-corrected chi connectivity index (χ2v) is 7.88. The summed E-state index contributed by atoms with van der Waals surface area (Å²) in [7, 11) is 0. The zero-order chi connectivity index (χ0) is 18.6. The molecule has 1 aliphatic heterocycles. The van der Waals surface area contributed by atoms with Gasteiger partial charge in [0.25, 0.3) is 0 Å². The van der Waals surface area contributed by atoms with E-state index in [1.165, 1.54) is 21.7 Å². The Morgan fingerprint density at radius 1 is 1.15 bits per heavy atom. The minimum atomic E-state index is -0.190. The van der Waals surface area contributed by atoms with E-state index >= 15 is 0 Å². The summed E-state index contributed by atoms with van der Waals surface area (Å²) in [5.74, 6) is 0. The van der Waals surface area contributed by atoms with Crippen molar-refractivity contribution in [1.82, 2.24) is 5.32 Å². The molecule has 4 nitrogen and oxygen atoms in total. The molecule has 0 fully saturated rings. The number of fused-ring (bicyclic) bond motifs is 1.